The molecule has 0 saturated carbocycles. The lowest BCUT2D eigenvalue weighted by Gasteiger charge is -2.18. The molecule has 0 saturated heterocycles. The largest absolute Gasteiger partial charge is 0.494 e. The Morgan fingerprint density at radius 2 is 1.73 bits per heavy atom. The minimum atomic E-state index is 0.127. The van der Waals surface area contributed by atoms with Gasteiger partial charge < -0.3 is 19.1 Å². The van der Waals surface area contributed by atoms with Crippen molar-refractivity contribution in [3.63, 3.8) is 0 Å². The first-order valence-electron chi connectivity index (χ1n) is 8.76. The second-order valence-corrected chi connectivity index (χ2v) is 6.02. The normalized spacial score (nSPS) is 10.3. The highest BCUT2D eigenvalue weighted by molar-refractivity contribution is 5.75. The fourth-order valence-electron chi connectivity index (χ4n) is 2.58. The molecule has 0 unspecified atom stereocenters. The van der Waals surface area contributed by atoms with Crippen molar-refractivity contribution < 1.29 is 19.0 Å². The maximum absolute atomic E-state index is 12.2. The van der Waals surface area contributed by atoms with Crippen molar-refractivity contribution >= 4 is 5.91 Å². The van der Waals surface area contributed by atoms with Gasteiger partial charge in [-0.15, -0.1) is 0 Å². The first-order chi connectivity index (χ1) is 12.6. The van der Waals surface area contributed by atoms with Gasteiger partial charge in [-0.2, -0.15) is 0 Å². The molecule has 0 spiro atoms. The van der Waals surface area contributed by atoms with Gasteiger partial charge in [0, 0.05) is 20.0 Å². The smallest absolute Gasteiger partial charge is 0.222 e. The van der Waals surface area contributed by atoms with Gasteiger partial charge in [0.15, 0.2) is 11.5 Å². The summed E-state index contributed by atoms with van der Waals surface area (Å²) in [4.78, 5) is 14.0. The first-order valence-corrected chi connectivity index (χ1v) is 8.76. The molecule has 0 aromatic heterocycles. The zero-order chi connectivity index (χ0) is 18.8. The van der Waals surface area contributed by atoms with Gasteiger partial charge in [0.05, 0.1) is 20.8 Å². The molecule has 140 valence electrons. The number of likely N-dealkylation sites (N-methyl/N-ethyl adjacent to an activating group) is 1. The van der Waals surface area contributed by atoms with E-state index < -0.39 is 0 Å². The minimum Gasteiger partial charge on any atom is -0.494 e. The van der Waals surface area contributed by atoms with Crippen LogP contribution >= 0.6 is 0 Å². The van der Waals surface area contributed by atoms with Crippen molar-refractivity contribution in [3.8, 4) is 17.2 Å². The predicted octanol–water partition coefficient (Wildman–Crippen LogP) is 3.56. The molecule has 0 fully saturated rings. The monoisotopic (exact) mass is 357 g/mol. The molecule has 5 nitrogen and oxygen atoms in total. The third-order valence-corrected chi connectivity index (χ3v) is 4.16. The topological polar surface area (TPSA) is 48.0 Å². The molecular weight excluding hydrogens is 330 g/mol. The van der Waals surface area contributed by atoms with E-state index in [1.807, 2.05) is 55.6 Å². The van der Waals surface area contributed by atoms with Crippen LogP contribution in [0.5, 0.6) is 17.2 Å². The molecule has 5 heteroatoms. The Morgan fingerprint density at radius 1 is 1.00 bits per heavy atom. The number of para-hydroxylation sites is 1. The van der Waals surface area contributed by atoms with E-state index in [0.717, 1.165) is 17.7 Å². The predicted molar refractivity (Wildman–Crippen MR) is 102 cm³/mol. The van der Waals surface area contributed by atoms with E-state index >= 15 is 0 Å². The lowest BCUT2D eigenvalue weighted by Crippen LogP contribution is -2.28. The van der Waals surface area contributed by atoms with Gasteiger partial charge in [-0.3, -0.25) is 4.79 Å². The highest BCUT2D eigenvalue weighted by atomic mass is 16.5. The summed E-state index contributed by atoms with van der Waals surface area (Å²) in [6.07, 6.45) is 1.95. The molecule has 0 bridgehead atoms. The van der Waals surface area contributed by atoms with Gasteiger partial charge in [-0.25, -0.2) is 0 Å². The van der Waals surface area contributed by atoms with Crippen LogP contribution in [-0.4, -0.2) is 45.2 Å². The van der Waals surface area contributed by atoms with Crippen molar-refractivity contribution in [2.24, 2.45) is 0 Å². The summed E-state index contributed by atoms with van der Waals surface area (Å²) in [7, 11) is 5.07. The molecule has 0 aliphatic rings. The number of ether oxygens (including phenoxy) is 3. The van der Waals surface area contributed by atoms with Crippen molar-refractivity contribution in [1.82, 2.24) is 4.90 Å². The molecule has 1 amide bonds. The number of nitrogens with zero attached hydrogens (tertiary/aromatic N) is 1. The number of amides is 1. The van der Waals surface area contributed by atoms with Crippen LogP contribution in [0, 0.1) is 0 Å². The summed E-state index contributed by atoms with van der Waals surface area (Å²) in [6, 6.07) is 15.5. The average molecular weight is 357 g/mol. The maximum Gasteiger partial charge on any atom is 0.222 e. The van der Waals surface area contributed by atoms with E-state index in [1.54, 1.807) is 19.1 Å². The van der Waals surface area contributed by atoms with Gasteiger partial charge >= 0.3 is 0 Å². The number of carbonyl (C=O) groups excluding carboxylic acids is 1. The number of benzene rings is 2. The fourth-order valence-corrected chi connectivity index (χ4v) is 2.58. The molecule has 0 atom stereocenters. The number of carbonyl (C=O) groups is 1. The van der Waals surface area contributed by atoms with Crippen molar-refractivity contribution in [2.75, 3.05) is 34.4 Å². The van der Waals surface area contributed by atoms with E-state index in [2.05, 4.69) is 0 Å². The zero-order valence-corrected chi connectivity index (χ0v) is 15.7. The summed E-state index contributed by atoms with van der Waals surface area (Å²) in [5.41, 5.74) is 1.11. The van der Waals surface area contributed by atoms with Crippen molar-refractivity contribution in [1.29, 1.82) is 0 Å². The van der Waals surface area contributed by atoms with Crippen molar-refractivity contribution in [2.45, 2.75) is 19.3 Å². The average Bonchev–Trinajstić information content (AvgIpc) is 2.69. The molecule has 0 N–H and O–H groups in total. The van der Waals surface area contributed by atoms with Crippen LogP contribution in [0.4, 0.5) is 0 Å². The minimum absolute atomic E-state index is 0.127. The summed E-state index contributed by atoms with van der Waals surface area (Å²) < 4.78 is 16.2. The fraction of sp³-hybridized carbons (Fsp3) is 0.381. The highest BCUT2D eigenvalue weighted by Gasteiger charge is 2.10. The summed E-state index contributed by atoms with van der Waals surface area (Å²) in [5.74, 6) is 2.38. The summed E-state index contributed by atoms with van der Waals surface area (Å²) >= 11 is 0. The molecule has 0 aliphatic heterocycles. The molecule has 2 aromatic rings. The second kappa shape index (κ2) is 10.3. The Kier molecular flexibility index (Phi) is 7.80. The Bertz CT molecular complexity index is 688. The number of rotatable bonds is 10. The first kappa shape index (κ1) is 19.6. The van der Waals surface area contributed by atoms with Gasteiger partial charge in [0.2, 0.25) is 5.91 Å². The molecule has 0 heterocycles. The third kappa shape index (κ3) is 5.99. The van der Waals surface area contributed by atoms with E-state index in [4.69, 9.17) is 14.2 Å². The molecule has 2 aromatic carbocycles. The van der Waals surface area contributed by atoms with Crippen LogP contribution in [-0.2, 0) is 11.2 Å². The van der Waals surface area contributed by atoms with Crippen LogP contribution in [0.1, 0.15) is 18.4 Å². The summed E-state index contributed by atoms with van der Waals surface area (Å²) in [6.45, 7) is 1.20. The zero-order valence-electron chi connectivity index (χ0n) is 15.7. The standard InChI is InChI=1S/C21H27NO4/c1-22(14-13-17-11-12-19(24-2)20(16-17)25-3)21(23)10-7-15-26-18-8-5-4-6-9-18/h4-6,8-9,11-12,16H,7,10,13-15H2,1-3H3. The molecule has 2 rings (SSSR count). The molecular formula is C21H27NO4. The second-order valence-electron chi connectivity index (χ2n) is 6.02. The van der Waals surface area contributed by atoms with Crippen molar-refractivity contribution in [3.05, 3.63) is 54.1 Å². The van der Waals surface area contributed by atoms with Gasteiger partial charge in [0.25, 0.3) is 0 Å². The number of methoxy groups -OCH3 is 2. The Balaban J connectivity index is 1.71. The lowest BCUT2D eigenvalue weighted by atomic mass is 10.1. The SMILES string of the molecule is COc1ccc(CCN(C)C(=O)CCCOc2ccccc2)cc1OC. The van der Waals surface area contributed by atoms with Crippen LogP contribution in [0.25, 0.3) is 0 Å². The van der Waals surface area contributed by atoms with E-state index in [9.17, 15) is 4.79 Å². The maximum atomic E-state index is 12.2. The highest BCUT2D eigenvalue weighted by Crippen LogP contribution is 2.27. The van der Waals surface area contributed by atoms with E-state index in [1.165, 1.54) is 0 Å². The Labute approximate surface area is 155 Å². The number of hydrogen-bond acceptors (Lipinski definition) is 4. The van der Waals surface area contributed by atoms with Crippen LogP contribution in [0.15, 0.2) is 48.5 Å². The molecule has 0 radical (unpaired) electrons. The van der Waals surface area contributed by atoms with Gasteiger partial charge in [-0.05, 0) is 42.7 Å². The molecule has 0 aliphatic carbocycles. The van der Waals surface area contributed by atoms with Gasteiger partial charge in [0.1, 0.15) is 5.75 Å². The van der Waals surface area contributed by atoms with Gasteiger partial charge in [-0.1, -0.05) is 24.3 Å². The molecule has 26 heavy (non-hydrogen) atoms. The quantitative estimate of drug-likeness (QED) is 0.610. The Morgan fingerprint density at radius 3 is 2.42 bits per heavy atom. The van der Waals surface area contributed by atoms with Crippen LogP contribution < -0.4 is 14.2 Å². The lowest BCUT2D eigenvalue weighted by molar-refractivity contribution is -0.130. The summed E-state index contributed by atoms with van der Waals surface area (Å²) in [5, 5.41) is 0. The van der Waals surface area contributed by atoms with E-state index in [0.29, 0.717) is 37.5 Å². The van der Waals surface area contributed by atoms with Crippen LogP contribution in [0.2, 0.25) is 0 Å². The van der Waals surface area contributed by atoms with Crippen LogP contribution in [0.3, 0.4) is 0 Å². The van der Waals surface area contributed by atoms with E-state index in [-0.39, 0.29) is 5.91 Å². The Hall–Kier alpha value is -2.69. The third-order valence-electron chi connectivity index (χ3n) is 4.16. The number of hydrogen-bond donors (Lipinski definition) is 0.